The summed E-state index contributed by atoms with van der Waals surface area (Å²) in [5.74, 6) is 0.732. The van der Waals surface area contributed by atoms with Crippen LogP contribution >= 0.6 is 12.4 Å². The van der Waals surface area contributed by atoms with Gasteiger partial charge in [0, 0.05) is 6.42 Å². The van der Waals surface area contributed by atoms with E-state index in [0.717, 1.165) is 38.1 Å². The van der Waals surface area contributed by atoms with Crippen molar-refractivity contribution < 1.29 is 9.53 Å². The second-order valence-electron chi connectivity index (χ2n) is 4.46. The van der Waals surface area contributed by atoms with Gasteiger partial charge in [0.1, 0.15) is 6.10 Å². The van der Waals surface area contributed by atoms with Crippen molar-refractivity contribution >= 4 is 18.4 Å². The lowest BCUT2D eigenvalue weighted by Gasteiger charge is -2.28. The maximum absolute atomic E-state index is 11.3. The van der Waals surface area contributed by atoms with E-state index in [1.54, 1.807) is 0 Å². The first-order valence-electron chi connectivity index (χ1n) is 6.15. The molecule has 0 bridgehead atoms. The van der Waals surface area contributed by atoms with E-state index in [4.69, 9.17) is 10.5 Å². The Bertz CT molecular complexity index is 191. The summed E-state index contributed by atoms with van der Waals surface area (Å²) in [6.45, 7) is 2.78. The lowest BCUT2D eigenvalue weighted by molar-refractivity contribution is -0.151. The van der Waals surface area contributed by atoms with E-state index in [1.165, 1.54) is 12.8 Å². The van der Waals surface area contributed by atoms with Gasteiger partial charge in [0.05, 0.1) is 0 Å². The zero-order valence-corrected chi connectivity index (χ0v) is 10.9. The summed E-state index contributed by atoms with van der Waals surface area (Å²) in [5.41, 5.74) is 5.53. The Hall–Kier alpha value is -0.280. The van der Waals surface area contributed by atoms with Gasteiger partial charge in [-0.05, 0) is 51.0 Å². The van der Waals surface area contributed by atoms with E-state index in [9.17, 15) is 4.79 Å². The average molecular weight is 250 g/mol. The first-order valence-corrected chi connectivity index (χ1v) is 6.15. The minimum atomic E-state index is -0.0280. The van der Waals surface area contributed by atoms with Gasteiger partial charge in [-0.3, -0.25) is 4.79 Å². The molecule has 0 aromatic rings. The summed E-state index contributed by atoms with van der Waals surface area (Å²) in [5, 5.41) is 0. The summed E-state index contributed by atoms with van der Waals surface area (Å²) >= 11 is 0. The fourth-order valence-corrected chi connectivity index (χ4v) is 2.22. The van der Waals surface area contributed by atoms with Crippen LogP contribution in [0.15, 0.2) is 0 Å². The van der Waals surface area contributed by atoms with Gasteiger partial charge < -0.3 is 10.5 Å². The zero-order valence-electron chi connectivity index (χ0n) is 10.1. The van der Waals surface area contributed by atoms with Crippen LogP contribution in [0.3, 0.4) is 0 Å². The van der Waals surface area contributed by atoms with Crippen LogP contribution in [0.1, 0.15) is 51.9 Å². The Morgan fingerprint density at radius 1 is 1.31 bits per heavy atom. The molecule has 0 aliphatic heterocycles. The first-order chi connectivity index (χ1) is 7.26. The van der Waals surface area contributed by atoms with E-state index < -0.39 is 0 Å². The molecular weight excluding hydrogens is 226 g/mol. The molecule has 96 valence electrons. The van der Waals surface area contributed by atoms with Crippen molar-refractivity contribution in [3.63, 3.8) is 0 Å². The third kappa shape index (κ3) is 5.71. The summed E-state index contributed by atoms with van der Waals surface area (Å²) in [6.07, 6.45) is 7.13. The van der Waals surface area contributed by atoms with Gasteiger partial charge in [-0.1, -0.05) is 6.92 Å². The van der Waals surface area contributed by atoms with E-state index in [-0.39, 0.29) is 24.5 Å². The molecule has 2 N–H and O–H groups in total. The van der Waals surface area contributed by atoms with Crippen molar-refractivity contribution in [2.24, 2.45) is 11.7 Å². The molecule has 0 saturated heterocycles. The van der Waals surface area contributed by atoms with Crippen molar-refractivity contribution in [2.45, 2.75) is 58.0 Å². The van der Waals surface area contributed by atoms with Gasteiger partial charge in [0.15, 0.2) is 0 Å². The monoisotopic (exact) mass is 249 g/mol. The molecule has 0 heterocycles. The predicted molar refractivity (Wildman–Crippen MR) is 67.7 cm³/mol. The maximum Gasteiger partial charge on any atom is 0.306 e. The highest BCUT2D eigenvalue weighted by molar-refractivity contribution is 5.85. The Morgan fingerprint density at radius 3 is 2.44 bits per heavy atom. The topological polar surface area (TPSA) is 52.3 Å². The molecule has 1 fully saturated rings. The maximum atomic E-state index is 11.3. The normalized spacial score (nSPS) is 24.6. The number of hydrogen-bond donors (Lipinski definition) is 1. The van der Waals surface area contributed by atoms with Crippen molar-refractivity contribution in [1.82, 2.24) is 0 Å². The molecule has 0 atom stereocenters. The number of halogens is 1. The predicted octanol–water partition coefficient (Wildman–Crippen LogP) is 2.66. The molecule has 0 aromatic heterocycles. The molecule has 0 radical (unpaired) electrons. The quantitative estimate of drug-likeness (QED) is 0.763. The molecule has 4 heteroatoms. The van der Waals surface area contributed by atoms with Crippen LogP contribution in [0.4, 0.5) is 0 Å². The van der Waals surface area contributed by atoms with Gasteiger partial charge >= 0.3 is 5.97 Å². The molecule has 3 nitrogen and oxygen atoms in total. The minimum Gasteiger partial charge on any atom is -0.462 e. The van der Waals surface area contributed by atoms with Crippen molar-refractivity contribution in [1.29, 1.82) is 0 Å². The highest BCUT2D eigenvalue weighted by Crippen LogP contribution is 2.28. The first kappa shape index (κ1) is 15.7. The van der Waals surface area contributed by atoms with Crippen LogP contribution in [0.5, 0.6) is 0 Å². The van der Waals surface area contributed by atoms with Gasteiger partial charge in [0.2, 0.25) is 0 Å². The molecule has 0 spiro atoms. The third-order valence-corrected chi connectivity index (χ3v) is 3.12. The second-order valence-corrected chi connectivity index (χ2v) is 4.46. The summed E-state index contributed by atoms with van der Waals surface area (Å²) in [6, 6.07) is 0. The fraction of sp³-hybridized carbons (Fsp3) is 0.917. The number of hydrogen-bond acceptors (Lipinski definition) is 3. The highest BCUT2D eigenvalue weighted by Gasteiger charge is 2.22. The van der Waals surface area contributed by atoms with E-state index in [1.807, 2.05) is 6.92 Å². The van der Waals surface area contributed by atoms with Crippen LogP contribution in [-0.4, -0.2) is 18.6 Å². The molecule has 0 unspecified atom stereocenters. The Labute approximate surface area is 105 Å². The molecule has 1 rings (SSSR count). The molecule has 1 aliphatic carbocycles. The Kier molecular flexibility index (Phi) is 8.67. The summed E-state index contributed by atoms with van der Waals surface area (Å²) in [4.78, 5) is 11.3. The second kappa shape index (κ2) is 8.82. The van der Waals surface area contributed by atoms with Crippen LogP contribution in [0.2, 0.25) is 0 Å². The number of esters is 1. The Balaban J connectivity index is 0.00000225. The average Bonchev–Trinajstić information content (AvgIpc) is 2.22. The van der Waals surface area contributed by atoms with Crippen LogP contribution < -0.4 is 5.73 Å². The highest BCUT2D eigenvalue weighted by atomic mass is 35.5. The SMILES string of the molecule is CCCC(=O)OC1CCC(CCN)CC1.Cl. The zero-order chi connectivity index (χ0) is 11.1. The molecule has 1 aliphatic rings. The molecule has 0 aromatic carbocycles. The van der Waals surface area contributed by atoms with Crippen molar-refractivity contribution in [3.8, 4) is 0 Å². The van der Waals surface area contributed by atoms with Crippen molar-refractivity contribution in [2.75, 3.05) is 6.54 Å². The molecule has 0 amide bonds. The minimum absolute atomic E-state index is 0. The van der Waals surface area contributed by atoms with Crippen molar-refractivity contribution in [3.05, 3.63) is 0 Å². The lowest BCUT2D eigenvalue weighted by Crippen LogP contribution is -2.25. The number of carbonyl (C=O) groups excluding carboxylic acids is 1. The smallest absolute Gasteiger partial charge is 0.306 e. The van der Waals surface area contributed by atoms with Gasteiger partial charge in [0.25, 0.3) is 0 Å². The Morgan fingerprint density at radius 2 is 1.94 bits per heavy atom. The van der Waals surface area contributed by atoms with E-state index in [2.05, 4.69) is 0 Å². The summed E-state index contributed by atoms with van der Waals surface area (Å²) in [7, 11) is 0. The molecule has 1 saturated carbocycles. The third-order valence-electron chi connectivity index (χ3n) is 3.12. The number of carbonyl (C=O) groups is 1. The summed E-state index contributed by atoms with van der Waals surface area (Å²) < 4.78 is 5.39. The fourth-order valence-electron chi connectivity index (χ4n) is 2.22. The van der Waals surface area contributed by atoms with Gasteiger partial charge in [-0.25, -0.2) is 0 Å². The standard InChI is InChI=1S/C12H23NO2.ClH/c1-2-3-12(14)15-11-6-4-10(5-7-11)8-9-13;/h10-11H,2-9,13H2,1H3;1H. The van der Waals surface area contributed by atoms with Gasteiger partial charge in [-0.2, -0.15) is 0 Å². The molecular formula is C12H24ClNO2. The number of rotatable bonds is 5. The number of nitrogens with two attached hydrogens (primary N) is 1. The van der Waals surface area contributed by atoms with Crippen LogP contribution in [-0.2, 0) is 9.53 Å². The number of ether oxygens (including phenoxy) is 1. The lowest BCUT2D eigenvalue weighted by atomic mass is 9.85. The van der Waals surface area contributed by atoms with Crippen LogP contribution in [0.25, 0.3) is 0 Å². The van der Waals surface area contributed by atoms with Gasteiger partial charge in [-0.15, -0.1) is 12.4 Å². The molecule has 16 heavy (non-hydrogen) atoms. The largest absolute Gasteiger partial charge is 0.462 e. The van der Waals surface area contributed by atoms with Crippen LogP contribution in [0, 0.1) is 5.92 Å². The van der Waals surface area contributed by atoms with E-state index in [0.29, 0.717) is 6.42 Å². The van der Waals surface area contributed by atoms with E-state index >= 15 is 0 Å².